The van der Waals surface area contributed by atoms with Crippen LogP contribution < -0.4 is 0 Å². The molecule has 0 radical (unpaired) electrons. The SMILES string of the molecule is COC(=O)C1=C(O)[C@@H]2OC(C)=C(C(=O)OC)[C@H]2C[C@H]1C. The standard InChI is InChI=1S/C14H18O6/c1-6-5-8-10(14(17)19-4)7(2)20-12(8)11(15)9(6)13(16)18-3/h6,8,12,15H,5H2,1-4H3/t6-,8-,12-/m1/s1. The van der Waals surface area contributed by atoms with Crippen LogP contribution in [0.1, 0.15) is 20.3 Å². The van der Waals surface area contributed by atoms with Crippen molar-refractivity contribution in [2.75, 3.05) is 14.2 Å². The number of ether oxygens (including phenoxy) is 3. The summed E-state index contributed by atoms with van der Waals surface area (Å²) < 4.78 is 15.0. The summed E-state index contributed by atoms with van der Waals surface area (Å²) in [5.74, 6) is -1.28. The smallest absolute Gasteiger partial charge is 0.337 e. The number of esters is 2. The van der Waals surface area contributed by atoms with E-state index in [0.29, 0.717) is 17.8 Å². The van der Waals surface area contributed by atoms with Crippen LogP contribution in [-0.2, 0) is 23.8 Å². The second kappa shape index (κ2) is 5.19. The van der Waals surface area contributed by atoms with E-state index in [2.05, 4.69) is 4.74 Å². The molecule has 0 aromatic heterocycles. The third kappa shape index (κ3) is 2.05. The van der Waals surface area contributed by atoms with Gasteiger partial charge in [-0.05, 0) is 19.3 Å². The van der Waals surface area contributed by atoms with Gasteiger partial charge in [-0.2, -0.15) is 0 Å². The van der Waals surface area contributed by atoms with E-state index < -0.39 is 18.0 Å². The Morgan fingerprint density at radius 2 is 1.75 bits per heavy atom. The van der Waals surface area contributed by atoms with Gasteiger partial charge in [0, 0.05) is 5.92 Å². The molecule has 0 fully saturated rings. The average molecular weight is 282 g/mol. The molecule has 1 aliphatic carbocycles. The van der Waals surface area contributed by atoms with Gasteiger partial charge in [-0.25, -0.2) is 9.59 Å². The summed E-state index contributed by atoms with van der Waals surface area (Å²) in [6.07, 6.45) is -0.199. The Hall–Kier alpha value is -1.98. The van der Waals surface area contributed by atoms with Crippen LogP contribution in [0.3, 0.4) is 0 Å². The summed E-state index contributed by atoms with van der Waals surface area (Å²) in [5, 5.41) is 10.3. The van der Waals surface area contributed by atoms with E-state index in [9.17, 15) is 14.7 Å². The molecule has 0 bridgehead atoms. The Labute approximate surface area is 117 Å². The third-order valence-electron chi connectivity index (χ3n) is 3.88. The minimum absolute atomic E-state index is 0.154. The summed E-state index contributed by atoms with van der Waals surface area (Å²) in [7, 11) is 2.57. The normalized spacial score (nSPS) is 28.9. The van der Waals surface area contributed by atoms with Gasteiger partial charge in [0.25, 0.3) is 0 Å². The van der Waals surface area contributed by atoms with Gasteiger partial charge >= 0.3 is 11.9 Å². The fourth-order valence-electron chi connectivity index (χ4n) is 2.96. The summed E-state index contributed by atoms with van der Waals surface area (Å²) in [5.41, 5.74) is 0.646. The summed E-state index contributed by atoms with van der Waals surface area (Å²) >= 11 is 0. The maximum atomic E-state index is 11.8. The number of carbonyl (C=O) groups excluding carboxylic acids is 2. The fraction of sp³-hybridized carbons (Fsp3) is 0.571. The van der Waals surface area contributed by atoms with Crippen LogP contribution in [0, 0.1) is 11.8 Å². The van der Waals surface area contributed by atoms with Crippen LogP contribution >= 0.6 is 0 Å². The van der Waals surface area contributed by atoms with Gasteiger partial charge in [0.05, 0.1) is 25.4 Å². The first-order valence-corrected chi connectivity index (χ1v) is 6.39. The molecule has 2 rings (SSSR count). The van der Waals surface area contributed by atoms with Gasteiger partial charge in [-0.15, -0.1) is 0 Å². The number of carbonyl (C=O) groups is 2. The molecular weight excluding hydrogens is 264 g/mol. The van der Waals surface area contributed by atoms with Crippen molar-refractivity contribution in [2.24, 2.45) is 11.8 Å². The van der Waals surface area contributed by atoms with Crippen molar-refractivity contribution >= 4 is 11.9 Å². The predicted molar refractivity (Wildman–Crippen MR) is 68.5 cm³/mol. The molecule has 1 heterocycles. The van der Waals surface area contributed by atoms with E-state index in [1.165, 1.54) is 14.2 Å². The second-order valence-corrected chi connectivity index (χ2v) is 5.03. The van der Waals surface area contributed by atoms with Crippen LogP contribution in [0.25, 0.3) is 0 Å². The molecule has 0 spiro atoms. The first-order valence-electron chi connectivity index (χ1n) is 6.39. The van der Waals surface area contributed by atoms with E-state index in [1.54, 1.807) is 13.8 Å². The molecule has 0 saturated heterocycles. The molecule has 20 heavy (non-hydrogen) atoms. The lowest BCUT2D eigenvalue weighted by molar-refractivity contribution is -0.137. The molecule has 0 saturated carbocycles. The average Bonchev–Trinajstić information content (AvgIpc) is 2.74. The van der Waals surface area contributed by atoms with Gasteiger partial charge in [-0.1, -0.05) is 6.92 Å². The van der Waals surface area contributed by atoms with Gasteiger partial charge in [-0.3, -0.25) is 0 Å². The zero-order valence-corrected chi connectivity index (χ0v) is 11.9. The monoisotopic (exact) mass is 282 g/mol. The third-order valence-corrected chi connectivity index (χ3v) is 3.88. The van der Waals surface area contributed by atoms with Crippen LogP contribution in [0.5, 0.6) is 0 Å². The highest BCUT2D eigenvalue weighted by Gasteiger charge is 2.48. The Kier molecular flexibility index (Phi) is 3.74. The quantitative estimate of drug-likeness (QED) is 0.772. The molecule has 3 atom stereocenters. The highest BCUT2D eigenvalue weighted by atomic mass is 16.5. The van der Waals surface area contributed by atoms with Gasteiger partial charge < -0.3 is 19.3 Å². The van der Waals surface area contributed by atoms with E-state index in [-0.39, 0.29) is 23.2 Å². The second-order valence-electron chi connectivity index (χ2n) is 5.03. The number of methoxy groups -OCH3 is 2. The van der Waals surface area contributed by atoms with Crippen molar-refractivity contribution in [1.82, 2.24) is 0 Å². The van der Waals surface area contributed by atoms with Gasteiger partial charge in [0.15, 0.2) is 6.10 Å². The molecule has 6 nitrogen and oxygen atoms in total. The number of aliphatic hydroxyl groups excluding tert-OH is 1. The Morgan fingerprint density at radius 1 is 1.20 bits per heavy atom. The Morgan fingerprint density at radius 3 is 2.30 bits per heavy atom. The molecule has 1 aliphatic heterocycles. The first kappa shape index (κ1) is 14.4. The maximum Gasteiger partial charge on any atom is 0.337 e. The zero-order chi connectivity index (χ0) is 15.0. The topological polar surface area (TPSA) is 82.1 Å². The zero-order valence-electron chi connectivity index (χ0n) is 11.9. The van der Waals surface area contributed by atoms with E-state index in [4.69, 9.17) is 9.47 Å². The summed E-state index contributed by atoms with van der Waals surface area (Å²) in [4.78, 5) is 23.5. The van der Waals surface area contributed by atoms with Gasteiger partial charge in [0.2, 0.25) is 0 Å². The number of hydrogen-bond acceptors (Lipinski definition) is 6. The molecule has 2 aliphatic rings. The number of allylic oxidation sites excluding steroid dienone is 1. The lowest BCUT2D eigenvalue weighted by atomic mass is 9.76. The molecule has 1 N–H and O–H groups in total. The molecule has 6 heteroatoms. The first-order chi connectivity index (χ1) is 9.42. The van der Waals surface area contributed by atoms with Crippen LogP contribution in [0.15, 0.2) is 22.7 Å². The Bertz CT molecular complexity index is 516. The predicted octanol–water partition coefficient (Wildman–Crippen LogP) is 1.47. The minimum atomic E-state index is -0.714. The highest BCUT2D eigenvalue weighted by Crippen LogP contribution is 2.45. The number of aliphatic hydroxyl groups is 1. The van der Waals surface area contributed by atoms with Gasteiger partial charge in [0.1, 0.15) is 11.5 Å². The highest BCUT2D eigenvalue weighted by molar-refractivity contribution is 5.92. The largest absolute Gasteiger partial charge is 0.508 e. The maximum absolute atomic E-state index is 11.8. The molecule has 0 amide bonds. The van der Waals surface area contributed by atoms with Crippen LogP contribution in [0.4, 0.5) is 0 Å². The number of hydrogen-bond donors (Lipinski definition) is 1. The van der Waals surface area contributed by atoms with Crippen LogP contribution in [-0.4, -0.2) is 37.4 Å². The van der Waals surface area contributed by atoms with Crippen molar-refractivity contribution < 1.29 is 28.9 Å². The number of fused-ring (bicyclic) bond motifs is 1. The van der Waals surface area contributed by atoms with Crippen molar-refractivity contribution in [1.29, 1.82) is 0 Å². The van der Waals surface area contributed by atoms with Crippen molar-refractivity contribution in [3.05, 3.63) is 22.7 Å². The molecule has 0 aromatic rings. The van der Waals surface area contributed by atoms with E-state index in [0.717, 1.165) is 0 Å². The molecule has 0 aromatic carbocycles. The lowest BCUT2D eigenvalue weighted by Gasteiger charge is -2.30. The summed E-state index contributed by atoms with van der Waals surface area (Å²) in [6, 6.07) is 0. The lowest BCUT2D eigenvalue weighted by Crippen LogP contribution is -2.34. The van der Waals surface area contributed by atoms with Crippen LogP contribution in [0.2, 0.25) is 0 Å². The van der Waals surface area contributed by atoms with E-state index >= 15 is 0 Å². The van der Waals surface area contributed by atoms with Crippen molar-refractivity contribution in [3.63, 3.8) is 0 Å². The number of rotatable bonds is 2. The molecule has 0 unspecified atom stereocenters. The summed E-state index contributed by atoms with van der Waals surface area (Å²) in [6.45, 7) is 3.46. The molecular formula is C14H18O6. The van der Waals surface area contributed by atoms with E-state index in [1.807, 2.05) is 0 Å². The minimum Gasteiger partial charge on any atom is -0.508 e. The van der Waals surface area contributed by atoms with Crippen molar-refractivity contribution in [3.8, 4) is 0 Å². The molecule has 110 valence electrons. The fourth-order valence-corrected chi connectivity index (χ4v) is 2.96. The Balaban J connectivity index is 2.40. The van der Waals surface area contributed by atoms with Crippen molar-refractivity contribution in [2.45, 2.75) is 26.4 Å².